The molecule has 2 aliphatic rings. The van der Waals surface area contributed by atoms with Gasteiger partial charge in [-0.25, -0.2) is 0 Å². The number of halogens is 1. The van der Waals surface area contributed by atoms with E-state index < -0.39 is 0 Å². The molecule has 0 amide bonds. The lowest BCUT2D eigenvalue weighted by molar-refractivity contribution is 0.341. The molecule has 0 radical (unpaired) electrons. The molecular weight excluding hydrogens is 322 g/mol. The van der Waals surface area contributed by atoms with E-state index in [9.17, 15) is 0 Å². The molecule has 1 aliphatic heterocycles. The standard InChI is InChI=1S/C20H20ClNO2/c1-23-18-8-4-7-15(20(18)24-2)19-14-6-3-5-13(14)16-11-12(21)9-10-17(16)22-19/h3-5,7-11,13-14,19,22H,6H2,1-2H3/t13-,14-,19-/m1/s1. The van der Waals surface area contributed by atoms with Gasteiger partial charge < -0.3 is 14.8 Å². The van der Waals surface area contributed by atoms with Gasteiger partial charge in [0.25, 0.3) is 0 Å². The average Bonchev–Trinajstić information content (AvgIpc) is 3.10. The number of benzene rings is 2. The third kappa shape index (κ3) is 2.35. The van der Waals surface area contributed by atoms with Crippen LogP contribution in [0.4, 0.5) is 5.69 Å². The van der Waals surface area contributed by atoms with Crippen molar-refractivity contribution in [2.24, 2.45) is 5.92 Å². The summed E-state index contributed by atoms with van der Waals surface area (Å²) in [5, 5.41) is 4.49. The maximum absolute atomic E-state index is 6.22. The molecule has 2 aromatic carbocycles. The molecule has 3 atom stereocenters. The third-order valence-electron chi connectivity index (χ3n) is 5.09. The van der Waals surface area contributed by atoms with Crippen molar-refractivity contribution in [3.63, 3.8) is 0 Å². The van der Waals surface area contributed by atoms with Gasteiger partial charge in [-0.05, 0) is 42.2 Å². The van der Waals surface area contributed by atoms with E-state index in [1.165, 1.54) is 5.56 Å². The lowest BCUT2D eigenvalue weighted by Gasteiger charge is -2.38. The van der Waals surface area contributed by atoms with Gasteiger partial charge in [0.05, 0.1) is 20.3 Å². The smallest absolute Gasteiger partial charge is 0.165 e. The molecule has 2 aromatic rings. The Morgan fingerprint density at radius 2 is 1.96 bits per heavy atom. The van der Waals surface area contributed by atoms with Gasteiger partial charge in [0.2, 0.25) is 0 Å². The molecule has 1 N–H and O–H groups in total. The Balaban J connectivity index is 1.82. The fourth-order valence-corrected chi connectivity index (χ4v) is 4.21. The molecule has 0 spiro atoms. The van der Waals surface area contributed by atoms with Crippen LogP contribution in [0.15, 0.2) is 48.6 Å². The topological polar surface area (TPSA) is 30.5 Å². The number of anilines is 1. The Labute approximate surface area is 147 Å². The van der Waals surface area contributed by atoms with Crippen molar-refractivity contribution in [2.45, 2.75) is 18.4 Å². The Bertz CT molecular complexity index is 802. The lowest BCUT2D eigenvalue weighted by Crippen LogP contribution is -2.29. The summed E-state index contributed by atoms with van der Waals surface area (Å²) >= 11 is 6.22. The predicted octanol–water partition coefficient (Wildman–Crippen LogP) is 5.18. The number of fused-ring (bicyclic) bond motifs is 3. The van der Waals surface area contributed by atoms with Crippen LogP contribution in [0.5, 0.6) is 11.5 Å². The fraction of sp³-hybridized carbons (Fsp3) is 0.300. The zero-order valence-electron chi connectivity index (χ0n) is 13.8. The highest BCUT2D eigenvalue weighted by Gasteiger charge is 2.39. The zero-order chi connectivity index (χ0) is 16.7. The SMILES string of the molecule is COc1cccc([C@@H]2Nc3ccc(Cl)cc3[C@@H]3C=CC[C@H]32)c1OC. The summed E-state index contributed by atoms with van der Waals surface area (Å²) in [6, 6.07) is 12.3. The highest BCUT2D eigenvalue weighted by atomic mass is 35.5. The molecule has 0 unspecified atom stereocenters. The normalized spacial score (nSPS) is 24.0. The van der Waals surface area contributed by atoms with Gasteiger partial charge in [-0.3, -0.25) is 0 Å². The maximum atomic E-state index is 6.22. The number of hydrogen-bond donors (Lipinski definition) is 1. The van der Waals surface area contributed by atoms with E-state index in [0.717, 1.165) is 34.2 Å². The molecular formula is C20H20ClNO2. The first-order valence-corrected chi connectivity index (χ1v) is 8.54. The maximum Gasteiger partial charge on any atom is 0.165 e. The molecule has 0 saturated carbocycles. The summed E-state index contributed by atoms with van der Waals surface area (Å²) < 4.78 is 11.1. The largest absolute Gasteiger partial charge is 0.493 e. The molecule has 4 rings (SSSR count). The molecule has 0 bridgehead atoms. The minimum Gasteiger partial charge on any atom is -0.493 e. The number of nitrogens with one attached hydrogen (secondary N) is 1. The van der Waals surface area contributed by atoms with Gasteiger partial charge >= 0.3 is 0 Å². The number of allylic oxidation sites excluding steroid dienone is 2. The first-order chi connectivity index (χ1) is 11.7. The van der Waals surface area contributed by atoms with Crippen molar-refractivity contribution >= 4 is 17.3 Å². The lowest BCUT2D eigenvalue weighted by atomic mass is 9.77. The summed E-state index contributed by atoms with van der Waals surface area (Å²) in [7, 11) is 3.37. The number of para-hydroxylation sites is 1. The van der Waals surface area contributed by atoms with Crippen LogP contribution in [0.25, 0.3) is 0 Å². The van der Waals surface area contributed by atoms with Crippen LogP contribution < -0.4 is 14.8 Å². The van der Waals surface area contributed by atoms with E-state index in [1.54, 1.807) is 14.2 Å². The second kappa shape index (κ2) is 6.06. The monoisotopic (exact) mass is 341 g/mol. The molecule has 3 nitrogen and oxygen atoms in total. The zero-order valence-corrected chi connectivity index (χ0v) is 14.5. The van der Waals surface area contributed by atoms with E-state index in [1.807, 2.05) is 18.2 Å². The minimum atomic E-state index is 0.170. The van der Waals surface area contributed by atoms with E-state index in [0.29, 0.717) is 11.8 Å². The van der Waals surface area contributed by atoms with Gasteiger partial charge in [-0.15, -0.1) is 0 Å². The molecule has 4 heteroatoms. The van der Waals surface area contributed by atoms with E-state index in [4.69, 9.17) is 21.1 Å². The molecule has 0 aromatic heterocycles. The van der Waals surface area contributed by atoms with Crippen molar-refractivity contribution in [1.29, 1.82) is 0 Å². The van der Waals surface area contributed by atoms with Crippen LogP contribution >= 0.6 is 11.6 Å². The fourth-order valence-electron chi connectivity index (χ4n) is 4.03. The number of rotatable bonds is 3. The van der Waals surface area contributed by atoms with E-state index in [2.05, 4.69) is 35.7 Å². The Morgan fingerprint density at radius 3 is 2.75 bits per heavy atom. The summed E-state index contributed by atoms with van der Waals surface area (Å²) in [5.74, 6) is 2.39. The van der Waals surface area contributed by atoms with Crippen LogP contribution in [-0.2, 0) is 0 Å². The van der Waals surface area contributed by atoms with Crippen molar-refractivity contribution < 1.29 is 9.47 Å². The Morgan fingerprint density at radius 1 is 1.08 bits per heavy atom. The second-order valence-corrected chi connectivity index (χ2v) is 6.73. The predicted molar refractivity (Wildman–Crippen MR) is 97.3 cm³/mol. The second-order valence-electron chi connectivity index (χ2n) is 6.29. The first-order valence-electron chi connectivity index (χ1n) is 8.16. The summed E-state index contributed by atoms with van der Waals surface area (Å²) in [6.45, 7) is 0. The van der Waals surface area contributed by atoms with Crippen molar-refractivity contribution in [2.75, 3.05) is 19.5 Å². The minimum absolute atomic E-state index is 0.170. The Hall–Kier alpha value is -2.13. The van der Waals surface area contributed by atoms with Crippen LogP contribution in [0, 0.1) is 5.92 Å². The average molecular weight is 342 g/mol. The van der Waals surface area contributed by atoms with E-state index in [-0.39, 0.29) is 6.04 Å². The molecule has 24 heavy (non-hydrogen) atoms. The molecule has 124 valence electrons. The van der Waals surface area contributed by atoms with E-state index >= 15 is 0 Å². The quantitative estimate of drug-likeness (QED) is 0.780. The molecule has 1 aliphatic carbocycles. The van der Waals surface area contributed by atoms with Gasteiger partial charge in [0.1, 0.15) is 0 Å². The molecule has 0 fully saturated rings. The third-order valence-corrected chi connectivity index (χ3v) is 5.33. The summed E-state index contributed by atoms with van der Waals surface area (Å²) in [4.78, 5) is 0. The highest BCUT2D eigenvalue weighted by molar-refractivity contribution is 6.30. The van der Waals surface area contributed by atoms with Crippen LogP contribution in [-0.4, -0.2) is 14.2 Å². The van der Waals surface area contributed by atoms with Gasteiger partial charge in [-0.1, -0.05) is 35.9 Å². The first kappa shape index (κ1) is 15.4. The molecule has 1 heterocycles. The van der Waals surface area contributed by atoms with Crippen LogP contribution in [0.1, 0.15) is 29.5 Å². The molecule has 0 saturated heterocycles. The summed E-state index contributed by atoms with van der Waals surface area (Å²) in [6.07, 6.45) is 5.61. The highest BCUT2D eigenvalue weighted by Crippen LogP contribution is 2.52. The van der Waals surface area contributed by atoms with Gasteiger partial charge in [0.15, 0.2) is 11.5 Å². The number of hydrogen-bond acceptors (Lipinski definition) is 3. The summed E-state index contributed by atoms with van der Waals surface area (Å²) in [5.41, 5.74) is 3.55. The van der Waals surface area contributed by atoms with Crippen molar-refractivity contribution in [3.05, 3.63) is 64.7 Å². The van der Waals surface area contributed by atoms with Gasteiger partial charge in [0, 0.05) is 22.2 Å². The van der Waals surface area contributed by atoms with Crippen LogP contribution in [0.3, 0.4) is 0 Å². The Kier molecular flexibility index (Phi) is 3.89. The van der Waals surface area contributed by atoms with Gasteiger partial charge in [-0.2, -0.15) is 0 Å². The number of methoxy groups -OCH3 is 2. The van der Waals surface area contributed by atoms with Crippen molar-refractivity contribution in [1.82, 2.24) is 0 Å². The van der Waals surface area contributed by atoms with Crippen molar-refractivity contribution in [3.8, 4) is 11.5 Å². The van der Waals surface area contributed by atoms with Crippen LogP contribution in [0.2, 0.25) is 5.02 Å². The number of ether oxygens (including phenoxy) is 2.